The van der Waals surface area contributed by atoms with Crippen molar-refractivity contribution in [1.29, 1.82) is 0 Å². The SMILES string of the molecule is COc1ccccc1NC(=O)COC(=O)[C@H](CC(C)C)N1C(=O)c2c(Cl)c(Cl)c(Cl)c(Cl)c2C1=O. The number of hydrogen-bond donors (Lipinski definition) is 1. The average Bonchev–Trinajstić information content (AvgIpc) is 3.08. The third-order valence-corrected chi connectivity index (χ3v) is 6.94. The van der Waals surface area contributed by atoms with Crippen molar-refractivity contribution in [1.82, 2.24) is 4.90 Å². The smallest absolute Gasteiger partial charge is 0.329 e. The van der Waals surface area contributed by atoms with E-state index in [0.717, 1.165) is 4.90 Å². The summed E-state index contributed by atoms with van der Waals surface area (Å²) >= 11 is 24.5. The minimum absolute atomic E-state index is 0.0646. The Balaban J connectivity index is 1.82. The summed E-state index contributed by atoms with van der Waals surface area (Å²) in [5, 5.41) is 1.71. The van der Waals surface area contributed by atoms with E-state index in [2.05, 4.69) is 5.32 Å². The number of methoxy groups -OCH3 is 1. The van der Waals surface area contributed by atoms with Crippen LogP contribution in [0.25, 0.3) is 0 Å². The molecule has 0 spiro atoms. The highest BCUT2D eigenvalue weighted by atomic mass is 35.5. The number of rotatable bonds is 8. The van der Waals surface area contributed by atoms with Crippen LogP contribution in [0.15, 0.2) is 24.3 Å². The largest absolute Gasteiger partial charge is 0.495 e. The number of para-hydroxylation sites is 2. The Hall–Kier alpha value is -2.52. The first kappa shape index (κ1) is 27.1. The van der Waals surface area contributed by atoms with Gasteiger partial charge in [0, 0.05) is 0 Å². The number of nitrogens with zero attached hydrogens (tertiary/aromatic N) is 1. The van der Waals surface area contributed by atoms with Crippen molar-refractivity contribution in [2.24, 2.45) is 5.92 Å². The van der Waals surface area contributed by atoms with Crippen LogP contribution < -0.4 is 10.1 Å². The first-order valence-corrected chi connectivity index (χ1v) is 11.8. The van der Waals surface area contributed by atoms with Crippen molar-refractivity contribution in [3.8, 4) is 5.75 Å². The van der Waals surface area contributed by atoms with E-state index in [1.54, 1.807) is 38.1 Å². The number of fused-ring (bicyclic) bond motifs is 1. The second-order valence-electron chi connectivity index (χ2n) is 7.99. The fraction of sp³-hybridized carbons (Fsp3) is 0.304. The zero-order valence-corrected chi connectivity index (χ0v) is 21.8. The highest BCUT2D eigenvalue weighted by molar-refractivity contribution is 6.55. The Morgan fingerprint density at radius 2 is 1.49 bits per heavy atom. The van der Waals surface area contributed by atoms with E-state index in [9.17, 15) is 19.2 Å². The van der Waals surface area contributed by atoms with Gasteiger partial charge >= 0.3 is 5.97 Å². The van der Waals surface area contributed by atoms with Crippen LogP contribution in [0.4, 0.5) is 5.69 Å². The molecular formula is C23H20Cl4N2O6. The molecule has 2 aromatic carbocycles. The number of hydrogen-bond acceptors (Lipinski definition) is 6. The summed E-state index contributed by atoms with van der Waals surface area (Å²) < 4.78 is 10.3. The first-order chi connectivity index (χ1) is 16.5. The quantitative estimate of drug-likeness (QED) is 0.197. The maximum absolute atomic E-state index is 13.2. The number of imide groups is 1. The van der Waals surface area contributed by atoms with Crippen LogP contribution in [0.5, 0.6) is 5.75 Å². The summed E-state index contributed by atoms with van der Waals surface area (Å²) in [4.78, 5) is 52.4. The highest BCUT2D eigenvalue weighted by Crippen LogP contribution is 2.45. The molecular weight excluding hydrogens is 542 g/mol. The molecule has 1 aliphatic heterocycles. The molecule has 0 aromatic heterocycles. The predicted octanol–water partition coefficient (Wildman–Crippen LogP) is 5.50. The molecule has 35 heavy (non-hydrogen) atoms. The van der Waals surface area contributed by atoms with Crippen LogP contribution >= 0.6 is 46.4 Å². The number of anilines is 1. The standard InChI is InChI=1S/C23H20Cl4N2O6/c1-10(2)8-12(23(33)35-9-14(30)28-11-6-4-5-7-13(11)34-3)29-21(31)15-16(22(29)32)18(25)20(27)19(26)17(15)24/h4-7,10,12H,8-9H2,1-3H3,(H,28,30)/t12-/m0/s1. The Bertz CT molecular complexity index is 1170. The van der Waals surface area contributed by atoms with Gasteiger partial charge in [0.1, 0.15) is 11.8 Å². The van der Waals surface area contributed by atoms with Gasteiger partial charge in [0.2, 0.25) is 0 Å². The van der Waals surface area contributed by atoms with Crippen LogP contribution in [0, 0.1) is 5.92 Å². The zero-order chi connectivity index (χ0) is 26.0. The topological polar surface area (TPSA) is 102 Å². The van der Waals surface area contributed by atoms with Crippen LogP contribution in [0.1, 0.15) is 41.0 Å². The van der Waals surface area contributed by atoms with Crippen molar-refractivity contribution < 1.29 is 28.7 Å². The van der Waals surface area contributed by atoms with Crippen LogP contribution in [-0.4, -0.2) is 48.3 Å². The lowest BCUT2D eigenvalue weighted by atomic mass is 10.0. The molecule has 8 nitrogen and oxygen atoms in total. The molecule has 3 rings (SSSR count). The van der Waals surface area contributed by atoms with Crippen molar-refractivity contribution >= 4 is 75.8 Å². The maximum atomic E-state index is 13.2. The molecule has 0 bridgehead atoms. The molecule has 0 fully saturated rings. The molecule has 0 unspecified atom stereocenters. The van der Waals surface area contributed by atoms with Gasteiger partial charge in [-0.3, -0.25) is 19.3 Å². The molecule has 3 amide bonds. The molecule has 0 saturated carbocycles. The van der Waals surface area contributed by atoms with E-state index in [4.69, 9.17) is 55.9 Å². The van der Waals surface area contributed by atoms with Crippen LogP contribution in [0.2, 0.25) is 20.1 Å². The monoisotopic (exact) mass is 560 g/mol. The lowest BCUT2D eigenvalue weighted by molar-refractivity contribution is -0.151. The average molecular weight is 562 g/mol. The van der Waals surface area contributed by atoms with Crippen molar-refractivity contribution in [3.05, 3.63) is 55.5 Å². The van der Waals surface area contributed by atoms with Gasteiger partial charge in [0.15, 0.2) is 6.61 Å². The Kier molecular flexibility index (Phi) is 8.54. The van der Waals surface area contributed by atoms with E-state index in [1.807, 2.05) is 0 Å². The van der Waals surface area contributed by atoms with Gasteiger partial charge in [-0.15, -0.1) is 0 Å². The Morgan fingerprint density at radius 3 is 2.00 bits per heavy atom. The molecule has 1 atom stereocenters. The number of carbonyl (C=O) groups excluding carboxylic acids is 4. The molecule has 2 aromatic rings. The third kappa shape index (κ3) is 5.35. The summed E-state index contributed by atoms with van der Waals surface area (Å²) in [7, 11) is 1.45. The fourth-order valence-corrected chi connectivity index (χ4v) is 4.58. The normalized spacial score (nSPS) is 13.7. The first-order valence-electron chi connectivity index (χ1n) is 10.3. The van der Waals surface area contributed by atoms with Gasteiger partial charge in [0.25, 0.3) is 17.7 Å². The molecule has 1 N–H and O–H groups in total. The number of ether oxygens (including phenoxy) is 2. The lowest BCUT2D eigenvalue weighted by Crippen LogP contribution is -2.47. The molecule has 1 aliphatic rings. The van der Waals surface area contributed by atoms with Gasteiger partial charge < -0.3 is 14.8 Å². The molecule has 0 saturated heterocycles. The second kappa shape index (κ2) is 11.0. The zero-order valence-electron chi connectivity index (χ0n) is 18.8. The van der Waals surface area contributed by atoms with Crippen molar-refractivity contribution in [3.63, 3.8) is 0 Å². The van der Waals surface area contributed by atoms with Gasteiger partial charge in [0.05, 0.1) is 44.0 Å². The fourth-order valence-electron chi connectivity index (χ4n) is 3.57. The van der Waals surface area contributed by atoms with Crippen molar-refractivity contribution in [2.75, 3.05) is 19.0 Å². The van der Waals surface area contributed by atoms with E-state index in [-0.39, 0.29) is 43.6 Å². The van der Waals surface area contributed by atoms with E-state index < -0.39 is 36.3 Å². The highest BCUT2D eigenvalue weighted by Gasteiger charge is 2.47. The molecule has 0 radical (unpaired) electrons. The third-order valence-electron chi connectivity index (χ3n) is 5.14. The summed E-state index contributed by atoms with van der Waals surface area (Å²) in [6, 6.07) is 5.34. The number of halogens is 4. The van der Waals surface area contributed by atoms with E-state index in [0.29, 0.717) is 11.4 Å². The number of benzene rings is 2. The lowest BCUT2D eigenvalue weighted by Gasteiger charge is -2.26. The van der Waals surface area contributed by atoms with E-state index in [1.165, 1.54) is 7.11 Å². The van der Waals surface area contributed by atoms with Gasteiger partial charge in [-0.2, -0.15) is 0 Å². The molecule has 0 aliphatic carbocycles. The number of carbonyl (C=O) groups is 4. The summed E-state index contributed by atoms with van der Waals surface area (Å²) in [6.45, 7) is 2.93. The van der Waals surface area contributed by atoms with Crippen LogP contribution in [-0.2, 0) is 14.3 Å². The Labute approximate surface area is 221 Å². The Morgan fingerprint density at radius 1 is 0.943 bits per heavy atom. The van der Waals surface area contributed by atoms with Crippen LogP contribution in [0.3, 0.4) is 0 Å². The van der Waals surface area contributed by atoms with Gasteiger partial charge in [-0.05, 0) is 24.5 Å². The minimum atomic E-state index is -1.34. The maximum Gasteiger partial charge on any atom is 0.329 e. The van der Waals surface area contributed by atoms with Gasteiger partial charge in [-0.25, -0.2) is 4.79 Å². The number of esters is 1. The van der Waals surface area contributed by atoms with E-state index >= 15 is 0 Å². The summed E-state index contributed by atoms with van der Waals surface area (Å²) in [5.74, 6) is -3.03. The molecule has 12 heteroatoms. The number of amides is 3. The molecule has 1 heterocycles. The number of nitrogens with one attached hydrogen (secondary N) is 1. The predicted molar refractivity (Wildman–Crippen MR) is 133 cm³/mol. The summed E-state index contributed by atoms with van der Waals surface area (Å²) in [6.07, 6.45) is 0.0646. The van der Waals surface area contributed by atoms with Gasteiger partial charge in [-0.1, -0.05) is 72.4 Å². The minimum Gasteiger partial charge on any atom is -0.495 e. The van der Waals surface area contributed by atoms with Crippen molar-refractivity contribution in [2.45, 2.75) is 26.3 Å². The second-order valence-corrected chi connectivity index (χ2v) is 9.50. The summed E-state index contributed by atoms with van der Waals surface area (Å²) in [5.41, 5.74) is -0.105. The molecule has 186 valence electrons.